The summed E-state index contributed by atoms with van der Waals surface area (Å²) in [6.07, 6.45) is 0.461. The number of carbonyl (C=O) groups excluding carboxylic acids is 3. The van der Waals surface area contributed by atoms with Crippen molar-refractivity contribution in [3.63, 3.8) is 0 Å². The van der Waals surface area contributed by atoms with Gasteiger partial charge in [-0.25, -0.2) is 0 Å². The van der Waals surface area contributed by atoms with E-state index < -0.39 is 17.8 Å². The third-order valence-corrected chi connectivity index (χ3v) is 4.50. The molecular weight excluding hydrogens is 396 g/mol. The van der Waals surface area contributed by atoms with Crippen molar-refractivity contribution in [3.8, 4) is 5.75 Å². The number of hydrazine groups is 1. The summed E-state index contributed by atoms with van der Waals surface area (Å²) < 4.78 is 10.7. The van der Waals surface area contributed by atoms with Crippen LogP contribution in [0, 0.1) is 0 Å². The Morgan fingerprint density at radius 2 is 1.45 bits per heavy atom. The van der Waals surface area contributed by atoms with Gasteiger partial charge < -0.3 is 9.47 Å². The van der Waals surface area contributed by atoms with Crippen molar-refractivity contribution in [2.75, 3.05) is 13.2 Å². The summed E-state index contributed by atoms with van der Waals surface area (Å²) in [7, 11) is 0. The lowest BCUT2D eigenvalue weighted by Gasteiger charge is -2.10. The lowest BCUT2D eigenvalue weighted by molar-refractivity contribution is -0.145. The van der Waals surface area contributed by atoms with Gasteiger partial charge in [0.2, 0.25) is 5.91 Å². The molecule has 0 heterocycles. The Labute approximate surface area is 180 Å². The van der Waals surface area contributed by atoms with Gasteiger partial charge in [0.05, 0.1) is 13.0 Å². The van der Waals surface area contributed by atoms with Crippen molar-refractivity contribution in [2.24, 2.45) is 0 Å². The number of amides is 2. The highest BCUT2D eigenvalue weighted by atomic mass is 16.5. The number of benzene rings is 3. The zero-order valence-corrected chi connectivity index (χ0v) is 17.0. The molecular formula is C24H24N2O5. The smallest absolute Gasteiger partial charge is 0.306 e. The van der Waals surface area contributed by atoms with Crippen molar-refractivity contribution in [1.82, 2.24) is 10.9 Å². The van der Waals surface area contributed by atoms with E-state index in [1.165, 1.54) is 0 Å². The number of esters is 1. The quantitative estimate of drug-likeness (QED) is 0.410. The minimum atomic E-state index is -0.508. The molecule has 0 aliphatic carbocycles. The molecule has 2 amide bonds. The number of hydrogen-bond donors (Lipinski definition) is 2. The van der Waals surface area contributed by atoms with Gasteiger partial charge in [-0.05, 0) is 17.0 Å². The molecule has 0 aromatic heterocycles. The second-order valence-corrected chi connectivity index (χ2v) is 6.82. The van der Waals surface area contributed by atoms with Crippen LogP contribution in [0.4, 0.5) is 0 Å². The van der Waals surface area contributed by atoms with E-state index in [1.807, 2.05) is 66.7 Å². The fraction of sp³-hybridized carbons (Fsp3) is 0.208. The highest BCUT2D eigenvalue weighted by Gasteiger charge is 2.10. The lowest BCUT2D eigenvalue weighted by Crippen LogP contribution is -2.43. The molecule has 0 unspecified atom stereocenters. The predicted molar refractivity (Wildman–Crippen MR) is 116 cm³/mol. The van der Waals surface area contributed by atoms with Crippen LogP contribution in [0.25, 0.3) is 10.8 Å². The number of rotatable bonds is 9. The van der Waals surface area contributed by atoms with Crippen molar-refractivity contribution in [3.05, 3.63) is 78.4 Å². The second kappa shape index (κ2) is 11.3. The minimum Gasteiger partial charge on any atom is -0.483 e. The molecule has 31 heavy (non-hydrogen) atoms. The topological polar surface area (TPSA) is 93.7 Å². The maximum Gasteiger partial charge on any atom is 0.306 e. The predicted octanol–water partition coefficient (Wildman–Crippen LogP) is 2.93. The van der Waals surface area contributed by atoms with Crippen LogP contribution in [-0.4, -0.2) is 31.0 Å². The van der Waals surface area contributed by atoms with Crippen molar-refractivity contribution >= 4 is 28.6 Å². The van der Waals surface area contributed by atoms with Crippen molar-refractivity contribution in [2.45, 2.75) is 19.3 Å². The summed E-state index contributed by atoms with van der Waals surface area (Å²) in [5.41, 5.74) is 5.61. The van der Waals surface area contributed by atoms with E-state index in [1.54, 1.807) is 6.07 Å². The largest absolute Gasteiger partial charge is 0.483 e. The summed E-state index contributed by atoms with van der Waals surface area (Å²) in [6.45, 7) is 0.00250. The Hall–Kier alpha value is -3.87. The molecule has 0 aliphatic rings. The first-order valence-corrected chi connectivity index (χ1v) is 9.99. The lowest BCUT2D eigenvalue weighted by atomic mass is 10.1. The van der Waals surface area contributed by atoms with Crippen LogP contribution >= 0.6 is 0 Å². The van der Waals surface area contributed by atoms with Gasteiger partial charge in [-0.3, -0.25) is 25.2 Å². The van der Waals surface area contributed by atoms with Crippen LogP contribution in [0.15, 0.2) is 72.8 Å². The average Bonchev–Trinajstić information content (AvgIpc) is 2.80. The van der Waals surface area contributed by atoms with Crippen LogP contribution < -0.4 is 15.6 Å². The molecule has 7 nitrogen and oxygen atoms in total. The van der Waals surface area contributed by atoms with Gasteiger partial charge in [0.15, 0.2) is 6.61 Å². The summed E-state index contributed by atoms with van der Waals surface area (Å²) >= 11 is 0. The SMILES string of the molecule is O=C(CCC(=O)OCCc1ccccc1)NNC(=O)COc1cccc2ccccc12. The molecule has 160 valence electrons. The van der Waals surface area contributed by atoms with E-state index in [4.69, 9.17) is 9.47 Å². The summed E-state index contributed by atoms with van der Waals surface area (Å²) in [5, 5.41) is 1.90. The van der Waals surface area contributed by atoms with E-state index in [2.05, 4.69) is 10.9 Å². The van der Waals surface area contributed by atoms with Crippen LogP contribution in [0.5, 0.6) is 5.75 Å². The molecule has 3 aromatic rings. The van der Waals surface area contributed by atoms with Gasteiger partial charge in [-0.1, -0.05) is 66.7 Å². The average molecular weight is 420 g/mol. The fourth-order valence-electron chi connectivity index (χ4n) is 2.92. The number of ether oxygens (including phenoxy) is 2. The van der Waals surface area contributed by atoms with Gasteiger partial charge >= 0.3 is 5.97 Å². The van der Waals surface area contributed by atoms with Gasteiger partial charge in [0, 0.05) is 18.2 Å². The van der Waals surface area contributed by atoms with E-state index in [-0.39, 0.29) is 26.1 Å². The molecule has 0 aliphatic heterocycles. The van der Waals surface area contributed by atoms with Crippen molar-refractivity contribution in [1.29, 1.82) is 0 Å². The molecule has 3 aromatic carbocycles. The molecule has 0 bridgehead atoms. The molecule has 0 saturated heterocycles. The Bertz CT molecular complexity index is 1030. The third kappa shape index (κ3) is 7.15. The summed E-state index contributed by atoms with van der Waals surface area (Å²) in [5.74, 6) is -0.875. The number of fused-ring (bicyclic) bond motifs is 1. The monoisotopic (exact) mass is 420 g/mol. The molecule has 0 radical (unpaired) electrons. The van der Waals surface area contributed by atoms with Gasteiger partial charge in [0.1, 0.15) is 5.75 Å². The second-order valence-electron chi connectivity index (χ2n) is 6.82. The summed E-state index contributed by atoms with van der Waals surface area (Å²) in [4.78, 5) is 35.5. The van der Waals surface area contributed by atoms with E-state index in [0.29, 0.717) is 12.2 Å². The highest BCUT2D eigenvalue weighted by Crippen LogP contribution is 2.24. The molecule has 7 heteroatoms. The van der Waals surface area contributed by atoms with E-state index in [9.17, 15) is 14.4 Å². The molecule has 0 fully saturated rings. The zero-order valence-electron chi connectivity index (χ0n) is 17.0. The van der Waals surface area contributed by atoms with E-state index in [0.717, 1.165) is 16.3 Å². The van der Waals surface area contributed by atoms with Crippen LogP contribution in [0.3, 0.4) is 0 Å². The van der Waals surface area contributed by atoms with Crippen LogP contribution in [-0.2, 0) is 25.5 Å². The van der Waals surface area contributed by atoms with Gasteiger partial charge in [-0.2, -0.15) is 0 Å². The normalized spacial score (nSPS) is 10.3. The Kier molecular flexibility index (Phi) is 7.99. The number of carbonyl (C=O) groups is 3. The molecule has 0 saturated carbocycles. The fourth-order valence-corrected chi connectivity index (χ4v) is 2.92. The van der Waals surface area contributed by atoms with Crippen LogP contribution in [0.2, 0.25) is 0 Å². The third-order valence-electron chi connectivity index (χ3n) is 4.50. The Morgan fingerprint density at radius 1 is 0.742 bits per heavy atom. The first-order chi connectivity index (χ1) is 15.1. The molecule has 2 N–H and O–H groups in total. The first-order valence-electron chi connectivity index (χ1n) is 9.99. The minimum absolute atomic E-state index is 0.0665. The maximum absolute atomic E-state index is 11.9. The van der Waals surface area contributed by atoms with Gasteiger partial charge in [-0.15, -0.1) is 0 Å². The molecule has 0 spiro atoms. The standard InChI is InChI=1S/C24H24N2O5/c27-22(13-14-24(29)30-16-15-18-7-2-1-3-8-18)25-26-23(28)17-31-21-12-6-10-19-9-4-5-11-20(19)21/h1-12H,13-17H2,(H,25,27)(H,26,28). The zero-order chi connectivity index (χ0) is 21.9. The van der Waals surface area contributed by atoms with Crippen LogP contribution in [0.1, 0.15) is 18.4 Å². The van der Waals surface area contributed by atoms with Crippen molar-refractivity contribution < 1.29 is 23.9 Å². The van der Waals surface area contributed by atoms with Gasteiger partial charge in [0.25, 0.3) is 5.91 Å². The first kappa shape index (κ1) is 21.8. The summed E-state index contributed by atoms with van der Waals surface area (Å²) in [6, 6.07) is 22.9. The molecule has 3 rings (SSSR count). The maximum atomic E-state index is 11.9. The Balaban J connectivity index is 1.31. The molecule has 0 atom stereocenters. The number of hydrogen-bond acceptors (Lipinski definition) is 5. The highest BCUT2D eigenvalue weighted by molar-refractivity contribution is 5.89. The number of nitrogens with one attached hydrogen (secondary N) is 2. The van der Waals surface area contributed by atoms with E-state index >= 15 is 0 Å². The Morgan fingerprint density at radius 3 is 2.29 bits per heavy atom.